The summed E-state index contributed by atoms with van der Waals surface area (Å²) in [6, 6.07) is 12.9. The quantitative estimate of drug-likeness (QED) is 0.504. The zero-order valence-electron chi connectivity index (χ0n) is 17.1. The molecule has 2 aromatic heterocycles. The van der Waals surface area contributed by atoms with Gasteiger partial charge in [0.15, 0.2) is 16.8 Å². The van der Waals surface area contributed by atoms with Crippen molar-refractivity contribution in [3.05, 3.63) is 60.4 Å². The van der Waals surface area contributed by atoms with Crippen LogP contribution in [0.3, 0.4) is 0 Å². The molecule has 0 radical (unpaired) electrons. The number of Topliss-reactive ketones (excluding diaryl/α,β-unsaturated/α-hetero) is 1. The molecule has 1 atom stereocenters. The van der Waals surface area contributed by atoms with Crippen LogP contribution >= 0.6 is 11.8 Å². The van der Waals surface area contributed by atoms with Crippen LogP contribution in [0, 0.1) is 0 Å². The summed E-state index contributed by atoms with van der Waals surface area (Å²) in [6.07, 6.45) is 4.83. The lowest BCUT2D eigenvalue weighted by atomic mass is 10.0. The van der Waals surface area contributed by atoms with E-state index >= 15 is 0 Å². The van der Waals surface area contributed by atoms with E-state index in [-0.39, 0.29) is 17.4 Å². The lowest BCUT2D eigenvalue weighted by molar-refractivity contribution is -0.125. The van der Waals surface area contributed by atoms with Crippen LogP contribution in [-0.4, -0.2) is 43.2 Å². The molecule has 3 rings (SSSR count). The maximum Gasteiger partial charge on any atom is 0.231 e. The van der Waals surface area contributed by atoms with Gasteiger partial charge in [0.05, 0.1) is 11.8 Å². The Kier molecular flexibility index (Phi) is 7.73. The lowest BCUT2D eigenvalue weighted by Gasteiger charge is -2.16. The fourth-order valence-corrected chi connectivity index (χ4v) is 3.82. The number of pyridine rings is 1. The van der Waals surface area contributed by atoms with Gasteiger partial charge >= 0.3 is 0 Å². The van der Waals surface area contributed by atoms with Gasteiger partial charge in [-0.3, -0.25) is 14.6 Å². The largest absolute Gasteiger partial charge is 0.345 e. The number of nitrogens with zero attached hydrogens (tertiary/aromatic N) is 4. The Balaban J connectivity index is 1.65. The van der Waals surface area contributed by atoms with Gasteiger partial charge in [0.25, 0.3) is 0 Å². The van der Waals surface area contributed by atoms with Gasteiger partial charge < -0.3 is 9.88 Å². The zero-order valence-corrected chi connectivity index (χ0v) is 17.9. The van der Waals surface area contributed by atoms with Crippen LogP contribution in [0.2, 0.25) is 0 Å². The lowest BCUT2D eigenvalue weighted by Crippen LogP contribution is -2.42. The highest BCUT2D eigenvalue weighted by atomic mass is 32.2. The molecule has 30 heavy (non-hydrogen) atoms. The monoisotopic (exact) mass is 423 g/mol. The van der Waals surface area contributed by atoms with Crippen LogP contribution in [-0.2, 0) is 22.6 Å². The molecule has 156 valence electrons. The van der Waals surface area contributed by atoms with Crippen LogP contribution in [0.25, 0.3) is 11.4 Å². The molecule has 1 amide bonds. The number of carbonyl (C=O) groups excluding carboxylic acids is 2. The molecule has 0 saturated carbocycles. The van der Waals surface area contributed by atoms with Gasteiger partial charge in [-0.2, -0.15) is 0 Å². The predicted molar refractivity (Wildman–Crippen MR) is 117 cm³/mol. The Hall–Kier alpha value is -3.00. The second-order valence-electron chi connectivity index (χ2n) is 6.90. The number of hydrogen-bond acceptors (Lipinski definition) is 6. The van der Waals surface area contributed by atoms with Gasteiger partial charge in [0.1, 0.15) is 0 Å². The molecule has 0 aliphatic rings. The maximum absolute atomic E-state index is 12.5. The van der Waals surface area contributed by atoms with E-state index in [1.54, 1.807) is 12.4 Å². The van der Waals surface area contributed by atoms with Crippen molar-refractivity contribution in [1.82, 2.24) is 25.1 Å². The van der Waals surface area contributed by atoms with Crippen LogP contribution in [0.5, 0.6) is 0 Å². The number of hydrogen-bond donors (Lipinski definition) is 1. The van der Waals surface area contributed by atoms with E-state index in [0.717, 1.165) is 29.9 Å². The van der Waals surface area contributed by atoms with E-state index in [9.17, 15) is 9.59 Å². The molecule has 0 unspecified atom stereocenters. The van der Waals surface area contributed by atoms with Gasteiger partial charge in [-0.15, -0.1) is 10.2 Å². The number of ketones is 1. The summed E-state index contributed by atoms with van der Waals surface area (Å²) >= 11 is 1.32. The minimum Gasteiger partial charge on any atom is -0.345 e. The van der Waals surface area contributed by atoms with Gasteiger partial charge in [-0.05, 0) is 37.5 Å². The molecular formula is C22H25N5O2S. The van der Waals surface area contributed by atoms with Crippen molar-refractivity contribution in [2.45, 2.75) is 44.4 Å². The molecule has 0 aliphatic carbocycles. The molecular weight excluding hydrogens is 398 g/mol. The average molecular weight is 424 g/mol. The van der Waals surface area contributed by atoms with Crippen molar-refractivity contribution >= 4 is 23.5 Å². The minimum atomic E-state index is -0.540. The molecule has 2 heterocycles. The van der Waals surface area contributed by atoms with E-state index in [1.165, 1.54) is 18.7 Å². The third kappa shape index (κ3) is 5.76. The Bertz CT molecular complexity index is 976. The summed E-state index contributed by atoms with van der Waals surface area (Å²) < 4.78 is 2.01. The van der Waals surface area contributed by atoms with E-state index in [1.807, 2.05) is 47.0 Å². The Morgan fingerprint density at radius 2 is 1.83 bits per heavy atom. The second kappa shape index (κ2) is 10.7. The molecule has 7 nitrogen and oxygen atoms in total. The van der Waals surface area contributed by atoms with Gasteiger partial charge in [-0.1, -0.05) is 49.0 Å². The predicted octanol–water partition coefficient (Wildman–Crippen LogP) is 3.16. The smallest absolute Gasteiger partial charge is 0.231 e. The molecule has 1 N–H and O–H groups in total. The van der Waals surface area contributed by atoms with E-state index in [4.69, 9.17) is 0 Å². The molecule has 0 spiro atoms. The summed E-state index contributed by atoms with van der Waals surface area (Å²) in [6.45, 7) is 4.33. The van der Waals surface area contributed by atoms with Gasteiger partial charge in [-0.25, -0.2) is 0 Å². The van der Waals surface area contributed by atoms with Crippen LogP contribution in [0.4, 0.5) is 0 Å². The molecule has 0 aliphatic heterocycles. The van der Waals surface area contributed by atoms with Crippen LogP contribution in [0.15, 0.2) is 60.0 Å². The fourth-order valence-electron chi connectivity index (χ4n) is 3.05. The molecule has 1 aromatic carbocycles. The highest BCUT2D eigenvalue weighted by molar-refractivity contribution is 7.99. The van der Waals surface area contributed by atoms with Crippen molar-refractivity contribution in [3.8, 4) is 11.4 Å². The van der Waals surface area contributed by atoms with E-state index in [0.29, 0.717) is 11.6 Å². The SMILES string of the molecule is CCCn1c(SCC(=O)N[C@@H](Cc2ccccc2)C(C)=O)nnc1-c1ccncc1. The zero-order chi connectivity index (χ0) is 21.3. The summed E-state index contributed by atoms with van der Waals surface area (Å²) in [4.78, 5) is 28.6. The summed E-state index contributed by atoms with van der Waals surface area (Å²) in [5.74, 6) is 0.656. The second-order valence-corrected chi connectivity index (χ2v) is 7.85. The highest BCUT2D eigenvalue weighted by Crippen LogP contribution is 2.24. The standard InChI is InChI=1S/C22H25N5O2S/c1-3-13-27-21(18-9-11-23-12-10-18)25-26-22(27)30-15-20(29)24-19(16(2)28)14-17-7-5-4-6-8-17/h4-12,19H,3,13-15H2,1-2H3,(H,24,29)/t19-/m0/s1. The summed E-state index contributed by atoms with van der Waals surface area (Å²) in [5.41, 5.74) is 1.94. The molecule has 3 aromatic rings. The number of rotatable bonds is 10. The maximum atomic E-state index is 12.5. The first kappa shape index (κ1) is 21.7. The Morgan fingerprint density at radius 3 is 2.50 bits per heavy atom. The number of aromatic nitrogens is 4. The molecule has 0 bridgehead atoms. The van der Waals surface area contributed by atoms with Crippen molar-refractivity contribution in [3.63, 3.8) is 0 Å². The van der Waals surface area contributed by atoms with E-state index < -0.39 is 6.04 Å². The van der Waals surface area contributed by atoms with E-state index in [2.05, 4.69) is 27.4 Å². The number of nitrogens with one attached hydrogen (secondary N) is 1. The number of benzene rings is 1. The third-order valence-electron chi connectivity index (χ3n) is 4.54. The Morgan fingerprint density at radius 1 is 1.10 bits per heavy atom. The number of carbonyl (C=O) groups is 2. The topological polar surface area (TPSA) is 89.8 Å². The summed E-state index contributed by atoms with van der Waals surface area (Å²) in [7, 11) is 0. The normalized spacial score (nSPS) is 11.8. The first-order valence-corrected chi connectivity index (χ1v) is 10.9. The number of thioether (sulfide) groups is 1. The Labute approximate surface area is 180 Å². The van der Waals surface area contributed by atoms with Gasteiger partial charge in [0, 0.05) is 24.5 Å². The van der Waals surface area contributed by atoms with Crippen LogP contribution in [0.1, 0.15) is 25.8 Å². The first-order chi connectivity index (χ1) is 14.6. The van der Waals surface area contributed by atoms with Crippen LogP contribution < -0.4 is 5.32 Å². The van der Waals surface area contributed by atoms with Crippen molar-refractivity contribution < 1.29 is 9.59 Å². The first-order valence-electron chi connectivity index (χ1n) is 9.88. The van der Waals surface area contributed by atoms with Crippen molar-refractivity contribution in [2.24, 2.45) is 0 Å². The average Bonchev–Trinajstić information content (AvgIpc) is 3.16. The van der Waals surface area contributed by atoms with Crippen molar-refractivity contribution in [1.29, 1.82) is 0 Å². The molecule has 0 fully saturated rings. The molecule has 8 heteroatoms. The third-order valence-corrected chi connectivity index (χ3v) is 5.51. The minimum absolute atomic E-state index is 0.0636. The summed E-state index contributed by atoms with van der Waals surface area (Å²) in [5, 5.41) is 12.1. The van der Waals surface area contributed by atoms with Gasteiger partial charge in [0.2, 0.25) is 5.91 Å². The highest BCUT2D eigenvalue weighted by Gasteiger charge is 2.19. The number of amides is 1. The molecule has 0 saturated heterocycles. The fraction of sp³-hybridized carbons (Fsp3) is 0.318. The van der Waals surface area contributed by atoms with Crippen molar-refractivity contribution in [2.75, 3.05) is 5.75 Å².